The van der Waals surface area contributed by atoms with Crippen molar-refractivity contribution < 1.29 is 5.11 Å². The van der Waals surface area contributed by atoms with Crippen LogP contribution in [-0.2, 0) is 0 Å². The average molecular weight is 140 g/mol. The summed E-state index contributed by atoms with van der Waals surface area (Å²) in [7, 11) is 0. The molecule has 2 aromatic heterocycles. The third-order valence-electron chi connectivity index (χ3n) is 1.12. The number of imidazole rings is 1. The van der Waals surface area contributed by atoms with Gasteiger partial charge in [0.25, 0.3) is 0 Å². The van der Waals surface area contributed by atoms with Gasteiger partial charge in [-0.1, -0.05) is 0 Å². The molecular weight excluding hydrogens is 136 g/mol. The second-order valence-corrected chi connectivity index (χ2v) is 2.51. The lowest BCUT2D eigenvalue weighted by Crippen LogP contribution is -1.71. The monoisotopic (exact) mass is 140 g/mol. The Morgan fingerprint density at radius 1 is 1.67 bits per heavy atom. The maximum atomic E-state index is 9.03. The first-order valence-electron chi connectivity index (χ1n) is 2.47. The largest absolute Gasteiger partial charge is 0.494 e. The van der Waals surface area contributed by atoms with E-state index in [1.165, 1.54) is 11.3 Å². The van der Waals surface area contributed by atoms with Crippen LogP contribution in [0, 0.1) is 0 Å². The maximum Gasteiger partial charge on any atom is 0.207 e. The van der Waals surface area contributed by atoms with E-state index >= 15 is 0 Å². The van der Waals surface area contributed by atoms with Crippen LogP contribution in [0.25, 0.3) is 4.96 Å². The second-order valence-electron chi connectivity index (χ2n) is 1.67. The van der Waals surface area contributed by atoms with Crippen molar-refractivity contribution in [3.63, 3.8) is 0 Å². The Hall–Kier alpha value is -1.03. The molecule has 9 heavy (non-hydrogen) atoms. The quantitative estimate of drug-likeness (QED) is 0.595. The zero-order chi connectivity index (χ0) is 6.27. The van der Waals surface area contributed by atoms with Crippen LogP contribution < -0.4 is 0 Å². The zero-order valence-electron chi connectivity index (χ0n) is 4.48. The summed E-state index contributed by atoms with van der Waals surface area (Å²) in [6.07, 6.45) is 3.38. The molecule has 0 aliphatic rings. The minimum absolute atomic E-state index is 0.257. The Bertz CT molecular complexity index is 324. The van der Waals surface area contributed by atoms with Gasteiger partial charge in [-0.3, -0.25) is 4.40 Å². The number of hydrogen-bond acceptors (Lipinski definition) is 3. The number of fused-ring (bicyclic) bond motifs is 1. The minimum atomic E-state index is 0.257. The maximum absolute atomic E-state index is 9.03. The molecule has 0 saturated heterocycles. The van der Waals surface area contributed by atoms with E-state index in [0.29, 0.717) is 0 Å². The predicted octanol–water partition coefficient (Wildman–Crippen LogP) is 1.10. The summed E-state index contributed by atoms with van der Waals surface area (Å²) in [5.74, 6) is 0.257. The van der Waals surface area contributed by atoms with Crippen molar-refractivity contribution in [2.75, 3.05) is 0 Å². The molecule has 2 heterocycles. The zero-order valence-corrected chi connectivity index (χ0v) is 5.30. The van der Waals surface area contributed by atoms with Gasteiger partial charge in [-0.25, -0.2) is 4.98 Å². The highest BCUT2D eigenvalue weighted by Gasteiger charge is 1.98. The summed E-state index contributed by atoms with van der Waals surface area (Å²) in [4.78, 5) is 4.79. The first kappa shape index (κ1) is 4.81. The Morgan fingerprint density at radius 3 is 3.33 bits per heavy atom. The molecule has 0 aliphatic carbocycles. The molecule has 0 fully saturated rings. The van der Waals surface area contributed by atoms with Gasteiger partial charge >= 0.3 is 0 Å². The number of thiazole rings is 1. The molecule has 1 N–H and O–H groups in total. The molecular formula is C5H4N2OS. The third-order valence-corrected chi connectivity index (χ3v) is 1.96. The first-order valence-corrected chi connectivity index (χ1v) is 3.35. The number of rotatable bonds is 0. The van der Waals surface area contributed by atoms with Crippen LogP contribution in [0.3, 0.4) is 0 Å². The van der Waals surface area contributed by atoms with Crippen molar-refractivity contribution >= 4 is 16.3 Å². The highest BCUT2D eigenvalue weighted by Crippen LogP contribution is 2.18. The van der Waals surface area contributed by atoms with Crippen LogP contribution in [0.15, 0.2) is 17.8 Å². The fourth-order valence-electron chi connectivity index (χ4n) is 0.713. The van der Waals surface area contributed by atoms with Crippen LogP contribution in [-0.4, -0.2) is 14.5 Å². The lowest BCUT2D eigenvalue weighted by atomic mass is 10.8. The summed E-state index contributed by atoms with van der Waals surface area (Å²) >= 11 is 1.42. The first-order chi connectivity index (χ1) is 4.38. The molecule has 3 nitrogen and oxygen atoms in total. The number of nitrogens with zero attached hydrogens (tertiary/aromatic N) is 2. The van der Waals surface area contributed by atoms with Crippen molar-refractivity contribution in [3.8, 4) is 5.88 Å². The van der Waals surface area contributed by atoms with Crippen molar-refractivity contribution in [2.45, 2.75) is 0 Å². The van der Waals surface area contributed by atoms with E-state index in [1.807, 2.05) is 0 Å². The van der Waals surface area contributed by atoms with Crippen LogP contribution in [0.5, 0.6) is 5.88 Å². The van der Waals surface area contributed by atoms with E-state index in [9.17, 15) is 0 Å². The van der Waals surface area contributed by atoms with E-state index in [2.05, 4.69) is 4.98 Å². The normalized spacial score (nSPS) is 10.7. The average Bonchev–Trinajstić information content (AvgIpc) is 2.35. The third kappa shape index (κ3) is 0.533. The topological polar surface area (TPSA) is 37.5 Å². The van der Waals surface area contributed by atoms with Gasteiger partial charge in [-0.15, -0.1) is 11.3 Å². The summed E-state index contributed by atoms with van der Waals surface area (Å²) < 4.78 is 1.63. The summed E-state index contributed by atoms with van der Waals surface area (Å²) in [6, 6.07) is 0. The standard InChI is InChI=1S/C5H4N2OS/c8-4-3-9-5-6-1-2-7(4)5/h1-3,8H. The summed E-state index contributed by atoms with van der Waals surface area (Å²) in [5, 5.41) is 10.7. The van der Waals surface area contributed by atoms with Gasteiger partial charge in [-0.05, 0) is 0 Å². The van der Waals surface area contributed by atoms with Gasteiger partial charge in [0, 0.05) is 12.4 Å². The lowest BCUT2D eigenvalue weighted by Gasteiger charge is -1.81. The summed E-state index contributed by atoms with van der Waals surface area (Å²) in [6.45, 7) is 0. The van der Waals surface area contributed by atoms with Crippen LogP contribution >= 0.6 is 11.3 Å². The molecule has 0 amide bonds. The molecule has 46 valence electrons. The van der Waals surface area contributed by atoms with Crippen LogP contribution in [0.1, 0.15) is 0 Å². The minimum Gasteiger partial charge on any atom is -0.494 e. The second kappa shape index (κ2) is 1.48. The van der Waals surface area contributed by atoms with Crippen molar-refractivity contribution in [1.82, 2.24) is 9.38 Å². The van der Waals surface area contributed by atoms with Crippen molar-refractivity contribution in [3.05, 3.63) is 17.8 Å². The molecule has 0 aliphatic heterocycles. The predicted molar refractivity (Wildman–Crippen MR) is 34.7 cm³/mol. The number of aromatic hydroxyl groups is 1. The van der Waals surface area contributed by atoms with Gasteiger partial charge in [0.1, 0.15) is 0 Å². The van der Waals surface area contributed by atoms with Gasteiger partial charge in [-0.2, -0.15) is 0 Å². The van der Waals surface area contributed by atoms with Crippen LogP contribution in [0.4, 0.5) is 0 Å². The summed E-state index contributed by atoms with van der Waals surface area (Å²) in [5.41, 5.74) is 0. The highest BCUT2D eigenvalue weighted by molar-refractivity contribution is 7.15. The van der Waals surface area contributed by atoms with Gasteiger partial charge in [0.15, 0.2) is 4.96 Å². The molecule has 2 rings (SSSR count). The number of hydrogen-bond donors (Lipinski definition) is 1. The molecule has 0 bridgehead atoms. The molecule has 0 saturated carbocycles. The molecule has 0 radical (unpaired) electrons. The van der Waals surface area contributed by atoms with E-state index < -0.39 is 0 Å². The molecule has 0 aromatic carbocycles. The highest BCUT2D eigenvalue weighted by atomic mass is 32.1. The molecule has 0 spiro atoms. The Morgan fingerprint density at radius 2 is 2.56 bits per heavy atom. The molecule has 0 atom stereocenters. The van der Waals surface area contributed by atoms with E-state index in [-0.39, 0.29) is 5.88 Å². The molecule has 2 aromatic rings. The van der Waals surface area contributed by atoms with Crippen LogP contribution in [0.2, 0.25) is 0 Å². The van der Waals surface area contributed by atoms with Crippen molar-refractivity contribution in [1.29, 1.82) is 0 Å². The SMILES string of the molecule is Oc1csc2nccn12. The van der Waals surface area contributed by atoms with Gasteiger partial charge in [0.2, 0.25) is 5.88 Å². The fourth-order valence-corrected chi connectivity index (χ4v) is 1.43. The van der Waals surface area contributed by atoms with Gasteiger partial charge < -0.3 is 5.11 Å². The number of aromatic nitrogens is 2. The lowest BCUT2D eigenvalue weighted by molar-refractivity contribution is 0.450. The molecule has 0 unspecified atom stereocenters. The van der Waals surface area contributed by atoms with Crippen molar-refractivity contribution in [2.24, 2.45) is 0 Å². The Balaban J connectivity index is 2.99. The van der Waals surface area contributed by atoms with E-state index in [4.69, 9.17) is 5.11 Å². The van der Waals surface area contributed by atoms with E-state index in [1.54, 1.807) is 22.2 Å². The van der Waals surface area contributed by atoms with E-state index in [0.717, 1.165) is 4.96 Å². The smallest absolute Gasteiger partial charge is 0.207 e. The Labute approximate surface area is 55.2 Å². The molecule has 4 heteroatoms. The Kier molecular flexibility index (Phi) is 0.790. The fraction of sp³-hybridized carbons (Fsp3) is 0. The van der Waals surface area contributed by atoms with Gasteiger partial charge in [0.05, 0.1) is 5.38 Å².